The molecule has 0 unspecified atom stereocenters. The van der Waals surface area contributed by atoms with E-state index in [1.807, 2.05) is 0 Å². The minimum Gasteiger partial charge on any atom is -0.310 e. The van der Waals surface area contributed by atoms with Gasteiger partial charge in [0.15, 0.2) is 0 Å². The number of rotatable bonds is 7. The Balaban J connectivity index is 1.16. The molecule has 0 N–H and O–H groups in total. The molecule has 11 aromatic rings. The Hall–Kier alpha value is -7.74. The van der Waals surface area contributed by atoms with Crippen molar-refractivity contribution in [2.75, 3.05) is 4.90 Å². The van der Waals surface area contributed by atoms with Crippen LogP contribution in [0.25, 0.3) is 87.6 Å². The molecule has 1 heteroatoms. The fraction of sp³-hybridized carbons (Fsp3) is 0. The van der Waals surface area contributed by atoms with E-state index in [-0.39, 0.29) is 0 Å². The Morgan fingerprint density at radius 3 is 1.22 bits per heavy atom. The van der Waals surface area contributed by atoms with E-state index in [9.17, 15) is 0 Å². The van der Waals surface area contributed by atoms with Gasteiger partial charge in [0.05, 0.1) is 5.69 Å². The molecule has 0 aromatic heterocycles. The molecule has 11 rings (SSSR count). The first kappa shape index (κ1) is 34.5. The summed E-state index contributed by atoms with van der Waals surface area (Å²) < 4.78 is 0. The number of anilines is 3. The van der Waals surface area contributed by atoms with Crippen LogP contribution in [0.3, 0.4) is 0 Å². The summed E-state index contributed by atoms with van der Waals surface area (Å²) in [5, 5.41) is 10.0. The molecule has 0 spiro atoms. The maximum Gasteiger partial charge on any atom is 0.0546 e. The van der Waals surface area contributed by atoms with Gasteiger partial charge in [0, 0.05) is 16.9 Å². The van der Waals surface area contributed by atoms with Crippen molar-refractivity contribution < 1.29 is 0 Å². The first-order valence-electron chi connectivity index (χ1n) is 20.3. The first-order chi connectivity index (χ1) is 29.3. The minimum atomic E-state index is 1.09. The molecular formula is C58H39N. The van der Waals surface area contributed by atoms with Crippen molar-refractivity contribution in [1.82, 2.24) is 0 Å². The quantitative estimate of drug-likeness (QED) is 0.147. The van der Waals surface area contributed by atoms with Crippen molar-refractivity contribution in [1.29, 1.82) is 0 Å². The molecule has 0 saturated heterocycles. The van der Waals surface area contributed by atoms with Crippen LogP contribution in [0.5, 0.6) is 0 Å². The molecule has 0 saturated carbocycles. The number of hydrogen-bond donors (Lipinski definition) is 0. The third kappa shape index (κ3) is 6.12. The lowest BCUT2D eigenvalue weighted by Gasteiger charge is -2.30. The monoisotopic (exact) mass is 749 g/mol. The highest BCUT2D eigenvalue weighted by Gasteiger charge is 2.23. The third-order valence-corrected chi connectivity index (χ3v) is 11.8. The van der Waals surface area contributed by atoms with Crippen molar-refractivity contribution in [2.45, 2.75) is 0 Å². The number of nitrogens with zero attached hydrogens (tertiary/aromatic N) is 1. The van der Waals surface area contributed by atoms with Crippen LogP contribution in [0.2, 0.25) is 0 Å². The van der Waals surface area contributed by atoms with Gasteiger partial charge in [-0.25, -0.2) is 0 Å². The van der Waals surface area contributed by atoms with Crippen LogP contribution in [-0.4, -0.2) is 0 Å². The van der Waals surface area contributed by atoms with Crippen LogP contribution in [-0.2, 0) is 0 Å². The van der Waals surface area contributed by atoms with Crippen LogP contribution < -0.4 is 4.90 Å². The van der Waals surface area contributed by atoms with E-state index in [0.29, 0.717) is 0 Å². The maximum absolute atomic E-state index is 2.45. The van der Waals surface area contributed by atoms with Crippen LogP contribution in [0.1, 0.15) is 0 Å². The van der Waals surface area contributed by atoms with Gasteiger partial charge in [0.1, 0.15) is 0 Å². The van der Waals surface area contributed by atoms with E-state index in [1.165, 1.54) is 87.6 Å². The highest BCUT2D eigenvalue weighted by Crippen LogP contribution is 2.49. The largest absolute Gasteiger partial charge is 0.310 e. The van der Waals surface area contributed by atoms with Crippen LogP contribution in [0.4, 0.5) is 17.1 Å². The molecule has 276 valence electrons. The van der Waals surface area contributed by atoms with Gasteiger partial charge in [0.25, 0.3) is 0 Å². The van der Waals surface area contributed by atoms with Crippen LogP contribution in [0, 0.1) is 0 Å². The van der Waals surface area contributed by atoms with E-state index in [2.05, 4.69) is 241 Å². The van der Waals surface area contributed by atoms with Gasteiger partial charge in [-0.1, -0.05) is 194 Å². The molecule has 0 aliphatic carbocycles. The van der Waals surface area contributed by atoms with Crippen molar-refractivity contribution in [3.8, 4) is 44.5 Å². The number of fused-ring (bicyclic) bond motifs is 6. The van der Waals surface area contributed by atoms with Crippen LogP contribution in [0.15, 0.2) is 237 Å². The van der Waals surface area contributed by atoms with Crippen molar-refractivity contribution >= 4 is 60.2 Å². The molecular weight excluding hydrogens is 711 g/mol. The molecule has 0 heterocycles. The van der Waals surface area contributed by atoms with Gasteiger partial charge in [-0.2, -0.15) is 0 Å². The number of hydrogen-bond acceptors (Lipinski definition) is 1. The lowest BCUT2D eigenvalue weighted by molar-refractivity contribution is 1.28. The second kappa shape index (κ2) is 14.6. The Kier molecular flexibility index (Phi) is 8.56. The fourth-order valence-corrected chi connectivity index (χ4v) is 9.07. The molecule has 0 aliphatic heterocycles. The van der Waals surface area contributed by atoms with E-state index in [4.69, 9.17) is 0 Å². The Morgan fingerprint density at radius 1 is 0.237 bits per heavy atom. The molecule has 0 bridgehead atoms. The molecule has 0 atom stereocenters. The van der Waals surface area contributed by atoms with Gasteiger partial charge in [-0.05, 0) is 124 Å². The topological polar surface area (TPSA) is 3.24 Å². The van der Waals surface area contributed by atoms with Crippen molar-refractivity contribution in [2.24, 2.45) is 0 Å². The van der Waals surface area contributed by atoms with Gasteiger partial charge in [-0.3, -0.25) is 0 Å². The Labute approximate surface area is 344 Å². The van der Waals surface area contributed by atoms with E-state index in [0.717, 1.165) is 17.1 Å². The van der Waals surface area contributed by atoms with Gasteiger partial charge in [-0.15, -0.1) is 0 Å². The molecule has 0 amide bonds. The standard InChI is InChI=1S/C58H39N/c1-3-16-40(17-4-1)41-30-34-46(35-31-41)59(47-36-32-43(33-37-47)55-38-44-20-7-9-22-48(44)51-24-11-13-26-53(51)55)57-29-15-28-50(42-18-5-2-6-19-42)58(57)56-39-45-21-8-10-23-49(45)52-25-12-14-27-54(52)56/h1-39H. The second-order valence-corrected chi connectivity index (χ2v) is 15.2. The predicted molar refractivity (Wildman–Crippen MR) is 253 cm³/mol. The zero-order valence-electron chi connectivity index (χ0n) is 32.5. The van der Waals surface area contributed by atoms with Crippen LogP contribution >= 0.6 is 0 Å². The normalized spacial score (nSPS) is 11.4. The highest BCUT2D eigenvalue weighted by molar-refractivity contribution is 6.17. The van der Waals surface area contributed by atoms with E-state index >= 15 is 0 Å². The van der Waals surface area contributed by atoms with Gasteiger partial charge >= 0.3 is 0 Å². The van der Waals surface area contributed by atoms with Gasteiger partial charge < -0.3 is 4.90 Å². The zero-order valence-corrected chi connectivity index (χ0v) is 32.5. The first-order valence-corrected chi connectivity index (χ1v) is 20.3. The maximum atomic E-state index is 2.45. The molecule has 1 nitrogen and oxygen atoms in total. The smallest absolute Gasteiger partial charge is 0.0546 e. The summed E-state index contributed by atoms with van der Waals surface area (Å²) in [7, 11) is 0. The summed E-state index contributed by atoms with van der Waals surface area (Å²) in [6.07, 6.45) is 0. The molecule has 0 aliphatic rings. The van der Waals surface area contributed by atoms with Crippen molar-refractivity contribution in [3.63, 3.8) is 0 Å². The molecule has 0 fully saturated rings. The summed E-state index contributed by atoms with van der Waals surface area (Å²) >= 11 is 0. The molecule has 11 aromatic carbocycles. The minimum absolute atomic E-state index is 1.09. The van der Waals surface area contributed by atoms with E-state index < -0.39 is 0 Å². The summed E-state index contributed by atoms with van der Waals surface area (Å²) in [6.45, 7) is 0. The zero-order chi connectivity index (χ0) is 39.1. The molecule has 59 heavy (non-hydrogen) atoms. The second-order valence-electron chi connectivity index (χ2n) is 15.2. The lowest BCUT2D eigenvalue weighted by Crippen LogP contribution is -2.12. The average molecular weight is 750 g/mol. The summed E-state index contributed by atoms with van der Waals surface area (Å²) in [5.41, 5.74) is 12.9. The lowest BCUT2D eigenvalue weighted by atomic mass is 9.87. The van der Waals surface area contributed by atoms with E-state index in [1.54, 1.807) is 0 Å². The SMILES string of the molecule is c1ccc(-c2ccc(N(c3ccc(-c4cc5ccccc5c5ccccc45)cc3)c3cccc(-c4ccccc4)c3-c3cc4ccccc4c4ccccc34)cc2)cc1. The number of benzene rings is 11. The summed E-state index contributed by atoms with van der Waals surface area (Å²) in [6, 6.07) is 86.3. The Morgan fingerprint density at radius 2 is 0.644 bits per heavy atom. The van der Waals surface area contributed by atoms with Gasteiger partial charge in [0.2, 0.25) is 0 Å². The fourth-order valence-electron chi connectivity index (χ4n) is 9.07. The molecule has 0 radical (unpaired) electrons. The highest BCUT2D eigenvalue weighted by atomic mass is 15.1. The Bertz CT molecular complexity index is 3290. The summed E-state index contributed by atoms with van der Waals surface area (Å²) in [4.78, 5) is 2.45. The van der Waals surface area contributed by atoms with Crippen molar-refractivity contribution in [3.05, 3.63) is 237 Å². The third-order valence-electron chi connectivity index (χ3n) is 11.8. The predicted octanol–water partition coefficient (Wildman–Crippen LogP) is 16.4. The average Bonchev–Trinajstić information content (AvgIpc) is 3.32. The summed E-state index contributed by atoms with van der Waals surface area (Å²) in [5.74, 6) is 0.